The molecule has 0 N–H and O–H groups in total. The summed E-state index contributed by atoms with van der Waals surface area (Å²) in [5.74, 6) is 1.40. The zero-order chi connectivity index (χ0) is 20.1. The fourth-order valence-electron chi connectivity index (χ4n) is 4.20. The average Bonchev–Trinajstić information content (AvgIpc) is 2.55. The van der Waals surface area contributed by atoms with E-state index < -0.39 is 8.07 Å². The molecule has 0 atom stereocenters. The standard InChI is InChI=1S/C23H32O3Si/c1-18(24)26-22-14-10-8-12-20(22)16-27(5,6)17-23(2,3)15-19-11-7-9-13-21(19)25-4/h7-14H,15-17H2,1-6H3. The Bertz CT molecular complexity index is 781. The minimum absolute atomic E-state index is 0.167. The van der Waals surface area contributed by atoms with Gasteiger partial charge in [0, 0.05) is 6.92 Å². The molecule has 0 radical (unpaired) electrons. The number of hydrogen-bond acceptors (Lipinski definition) is 3. The molecule has 0 aromatic heterocycles. The predicted molar refractivity (Wildman–Crippen MR) is 114 cm³/mol. The van der Waals surface area contributed by atoms with E-state index in [-0.39, 0.29) is 11.4 Å². The Morgan fingerprint density at radius 3 is 2.11 bits per heavy atom. The molecule has 0 saturated carbocycles. The van der Waals surface area contributed by atoms with Crippen LogP contribution in [0.15, 0.2) is 48.5 Å². The summed E-state index contributed by atoms with van der Waals surface area (Å²) in [7, 11) is 0.157. The number of para-hydroxylation sites is 2. The van der Waals surface area contributed by atoms with E-state index in [2.05, 4.69) is 45.1 Å². The first-order valence-electron chi connectivity index (χ1n) is 9.50. The summed E-state index contributed by atoms with van der Waals surface area (Å²) in [6, 6.07) is 18.4. The number of hydrogen-bond donors (Lipinski definition) is 0. The van der Waals surface area contributed by atoms with Crippen molar-refractivity contribution >= 4 is 14.0 Å². The summed E-state index contributed by atoms with van der Waals surface area (Å²) in [6.07, 6.45) is 0.985. The molecule has 27 heavy (non-hydrogen) atoms. The second kappa shape index (κ2) is 8.74. The lowest BCUT2D eigenvalue weighted by atomic mass is 9.87. The zero-order valence-corrected chi connectivity index (χ0v) is 18.5. The van der Waals surface area contributed by atoms with Crippen molar-refractivity contribution in [3.63, 3.8) is 0 Å². The normalized spacial score (nSPS) is 11.9. The molecule has 0 aliphatic rings. The highest BCUT2D eigenvalue weighted by molar-refractivity contribution is 6.77. The van der Waals surface area contributed by atoms with Crippen LogP contribution in [0.3, 0.4) is 0 Å². The first-order chi connectivity index (χ1) is 12.6. The molecular weight excluding hydrogens is 352 g/mol. The quantitative estimate of drug-likeness (QED) is 0.334. The van der Waals surface area contributed by atoms with Gasteiger partial charge in [-0.3, -0.25) is 4.79 Å². The maximum absolute atomic E-state index is 11.4. The summed E-state index contributed by atoms with van der Waals surface area (Å²) in [4.78, 5) is 11.4. The van der Waals surface area contributed by atoms with Crippen LogP contribution in [0.2, 0.25) is 19.1 Å². The van der Waals surface area contributed by atoms with Crippen LogP contribution in [0.5, 0.6) is 11.5 Å². The third-order valence-electron chi connectivity index (χ3n) is 4.71. The van der Waals surface area contributed by atoms with Crippen molar-refractivity contribution in [3.05, 3.63) is 59.7 Å². The van der Waals surface area contributed by atoms with Crippen LogP contribution in [0.4, 0.5) is 0 Å². The van der Waals surface area contributed by atoms with Gasteiger partial charge in [0.1, 0.15) is 11.5 Å². The Balaban J connectivity index is 2.14. The highest BCUT2D eigenvalue weighted by Crippen LogP contribution is 2.37. The second-order valence-corrected chi connectivity index (χ2v) is 13.9. The van der Waals surface area contributed by atoms with Crippen LogP contribution in [-0.2, 0) is 17.3 Å². The highest BCUT2D eigenvalue weighted by atomic mass is 28.3. The van der Waals surface area contributed by atoms with E-state index in [4.69, 9.17) is 9.47 Å². The van der Waals surface area contributed by atoms with Gasteiger partial charge < -0.3 is 9.47 Å². The average molecular weight is 385 g/mol. The summed E-state index contributed by atoms with van der Waals surface area (Å²) in [5, 5.41) is 0. The van der Waals surface area contributed by atoms with Gasteiger partial charge in [0.2, 0.25) is 0 Å². The van der Waals surface area contributed by atoms with E-state index in [0.29, 0.717) is 5.75 Å². The molecule has 0 amide bonds. The van der Waals surface area contributed by atoms with Crippen LogP contribution < -0.4 is 9.47 Å². The third-order valence-corrected chi connectivity index (χ3v) is 7.97. The molecule has 0 fully saturated rings. The number of carbonyl (C=O) groups excluding carboxylic acids is 1. The highest BCUT2D eigenvalue weighted by Gasteiger charge is 2.32. The molecule has 0 aliphatic heterocycles. The maximum Gasteiger partial charge on any atom is 0.308 e. The van der Waals surface area contributed by atoms with Crippen molar-refractivity contribution in [1.82, 2.24) is 0 Å². The predicted octanol–water partition coefficient (Wildman–Crippen LogP) is 5.68. The molecule has 0 saturated heterocycles. The smallest absolute Gasteiger partial charge is 0.308 e. The van der Waals surface area contributed by atoms with E-state index in [1.807, 2.05) is 30.3 Å². The van der Waals surface area contributed by atoms with Crippen LogP contribution in [0.1, 0.15) is 31.9 Å². The molecule has 0 heterocycles. The molecule has 146 valence electrons. The minimum Gasteiger partial charge on any atom is -0.496 e. The molecule has 0 bridgehead atoms. The van der Waals surface area contributed by atoms with E-state index in [1.165, 1.54) is 18.5 Å². The molecule has 0 unspecified atom stereocenters. The van der Waals surface area contributed by atoms with E-state index in [9.17, 15) is 4.79 Å². The van der Waals surface area contributed by atoms with Gasteiger partial charge in [0.05, 0.1) is 15.2 Å². The lowest BCUT2D eigenvalue weighted by Crippen LogP contribution is -2.36. The first kappa shape index (κ1) is 21.2. The number of carbonyl (C=O) groups is 1. The number of ether oxygens (including phenoxy) is 2. The van der Waals surface area contributed by atoms with Crippen LogP contribution in [0.25, 0.3) is 0 Å². The maximum atomic E-state index is 11.4. The molecule has 2 rings (SSSR count). The summed E-state index contributed by atoms with van der Waals surface area (Å²) in [6.45, 7) is 11.0. The fourth-order valence-corrected chi connectivity index (χ4v) is 8.37. The molecule has 0 spiro atoms. The second-order valence-electron chi connectivity index (χ2n) is 8.87. The Morgan fingerprint density at radius 1 is 0.963 bits per heavy atom. The van der Waals surface area contributed by atoms with Crippen molar-refractivity contribution in [1.29, 1.82) is 0 Å². The van der Waals surface area contributed by atoms with Crippen LogP contribution in [0, 0.1) is 5.41 Å². The molecular formula is C23H32O3Si. The SMILES string of the molecule is COc1ccccc1CC(C)(C)C[Si](C)(C)Cc1ccccc1OC(C)=O. The van der Waals surface area contributed by atoms with E-state index >= 15 is 0 Å². The summed E-state index contributed by atoms with van der Waals surface area (Å²) in [5.41, 5.74) is 2.56. The van der Waals surface area contributed by atoms with Crippen molar-refractivity contribution in [3.8, 4) is 11.5 Å². The van der Waals surface area contributed by atoms with Gasteiger partial charge in [-0.1, -0.05) is 69.4 Å². The Labute approximate surface area is 164 Å². The number of esters is 1. The monoisotopic (exact) mass is 384 g/mol. The van der Waals surface area contributed by atoms with Gasteiger partial charge in [-0.05, 0) is 41.1 Å². The van der Waals surface area contributed by atoms with Crippen molar-refractivity contribution in [2.24, 2.45) is 5.41 Å². The largest absolute Gasteiger partial charge is 0.496 e. The van der Waals surface area contributed by atoms with Gasteiger partial charge in [-0.2, -0.15) is 0 Å². The van der Waals surface area contributed by atoms with Gasteiger partial charge in [0.15, 0.2) is 0 Å². The van der Waals surface area contributed by atoms with Gasteiger partial charge in [-0.15, -0.1) is 0 Å². The molecule has 3 nitrogen and oxygen atoms in total. The molecule has 0 aliphatic carbocycles. The van der Waals surface area contributed by atoms with Gasteiger partial charge in [0.25, 0.3) is 0 Å². The molecule has 2 aromatic carbocycles. The Morgan fingerprint density at radius 2 is 1.52 bits per heavy atom. The Hall–Kier alpha value is -2.07. The minimum atomic E-state index is -1.58. The zero-order valence-electron chi connectivity index (χ0n) is 17.5. The lowest BCUT2D eigenvalue weighted by Gasteiger charge is -2.34. The third kappa shape index (κ3) is 6.54. The molecule has 2 aromatic rings. The van der Waals surface area contributed by atoms with Gasteiger partial charge in [-0.25, -0.2) is 0 Å². The van der Waals surface area contributed by atoms with Crippen LogP contribution in [-0.4, -0.2) is 21.2 Å². The Kier molecular flexibility index (Phi) is 6.87. The topological polar surface area (TPSA) is 35.5 Å². The van der Waals surface area contributed by atoms with E-state index in [0.717, 1.165) is 23.8 Å². The number of methoxy groups -OCH3 is 1. The van der Waals surface area contributed by atoms with Gasteiger partial charge >= 0.3 is 5.97 Å². The van der Waals surface area contributed by atoms with Crippen LogP contribution >= 0.6 is 0 Å². The number of rotatable bonds is 8. The summed E-state index contributed by atoms with van der Waals surface area (Å²) < 4.78 is 10.9. The fraction of sp³-hybridized carbons (Fsp3) is 0.435. The molecule has 4 heteroatoms. The van der Waals surface area contributed by atoms with Crippen molar-refractivity contribution in [2.45, 2.75) is 52.4 Å². The number of benzene rings is 2. The lowest BCUT2D eigenvalue weighted by molar-refractivity contribution is -0.131. The summed E-state index contributed by atoms with van der Waals surface area (Å²) >= 11 is 0. The van der Waals surface area contributed by atoms with E-state index in [1.54, 1.807) is 7.11 Å². The van der Waals surface area contributed by atoms with Crippen molar-refractivity contribution < 1.29 is 14.3 Å². The first-order valence-corrected chi connectivity index (χ1v) is 12.9. The van der Waals surface area contributed by atoms with Crippen molar-refractivity contribution in [2.75, 3.05) is 7.11 Å².